The van der Waals surface area contributed by atoms with E-state index < -0.39 is 0 Å². The maximum atomic E-state index is 2.31. The van der Waals surface area contributed by atoms with Gasteiger partial charge in [-0.2, -0.15) is 0 Å². The number of hydrogen-bond donors (Lipinski definition) is 0. The molecule has 1 atom stereocenters. The second-order valence-corrected chi connectivity index (χ2v) is 2.39. The summed E-state index contributed by atoms with van der Waals surface area (Å²) < 4.78 is 0. The first kappa shape index (κ1) is 12.4. The molecule has 1 aliphatic carbocycles. The second kappa shape index (κ2) is 8.74. The zero-order valence-corrected chi connectivity index (χ0v) is 6.85. The molecule has 0 radical (unpaired) electrons. The highest BCUT2D eigenvalue weighted by molar-refractivity contribution is 4.88. The third kappa shape index (κ3) is 5.87. The maximum Gasteiger partial charge on any atom is -0.0325 e. The van der Waals surface area contributed by atoms with Crippen molar-refractivity contribution in [1.29, 1.82) is 0 Å². The minimum atomic E-state index is 0. The molecule has 0 aromatic rings. The van der Waals surface area contributed by atoms with E-state index in [1.54, 1.807) is 0 Å². The number of rotatable bonds is 0. The van der Waals surface area contributed by atoms with Crippen molar-refractivity contribution in [3.8, 4) is 0 Å². The molecule has 0 bridgehead atoms. The maximum absolute atomic E-state index is 2.31. The molecule has 1 unspecified atom stereocenters. The summed E-state index contributed by atoms with van der Waals surface area (Å²) in [4.78, 5) is 0. The van der Waals surface area contributed by atoms with E-state index in [0.717, 1.165) is 5.92 Å². The van der Waals surface area contributed by atoms with Crippen LogP contribution in [-0.4, -0.2) is 0 Å². The van der Waals surface area contributed by atoms with E-state index >= 15 is 0 Å². The molecule has 0 aliphatic heterocycles. The van der Waals surface area contributed by atoms with Crippen molar-refractivity contribution in [3.63, 3.8) is 0 Å². The van der Waals surface area contributed by atoms with Gasteiger partial charge in [-0.1, -0.05) is 40.3 Å². The molecule has 62 valence electrons. The molecular weight excluding hydrogens is 120 g/mol. The van der Waals surface area contributed by atoms with Gasteiger partial charge in [0.05, 0.1) is 0 Å². The molecule has 0 amide bonds. The average molecular weight is 142 g/mol. The van der Waals surface area contributed by atoms with Crippen LogP contribution in [0.5, 0.6) is 0 Å². The zero-order valence-electron chi connectivity index (χ0n) is 6.85. The van der Waals surface area contributed by atoms with Gasteiger partial charge in [0.15, 0.2) is 0 Å². The minimum absolute atomic E-state index is 0. The van der Waals surface area contributed by atoms with Crippen molar-refractivity contribution in [2.45, 2.75) is 47.5 Å². The highest BCUT2D eigenvalue weighted by Crippen LogP contribution is 2.15. The summed E-state index contributed by atoms with van der Waals surface area (Å²) in [6.45, 7) is 6.31. The molecule has 0 fully saturated rings. The van der Waals surface area contributed by atoms with Gasteiger partial charge in [0, 0.05) is 0 Å². The molecule has 1 aliphatic rings. The molecule has 0 nitrogen and oxygen atoms in total. The Morgan fingerprint density at radius 1 is 1.20 bits per heavy atom. The second-order valence-electron chi connectivity index (χ2n) is 2.39. The van der Waals surface area contributed by atoms with Crippen LogP contribution in [0.3, 0.4) is 0 Å². The lowest BCUT2D eigenvalue weighted by molar-refractivity contribution is 0.527. The van der Waals surface area contributed by atoms with E-state index in [9.17, 15) is 0 Å². The van der Waals surface area contributed by atoms with Gasteiger partial charge in [0.25, 0.3) is 0 Å². The molecule has 0 saturated heterocycles. The summed E-state index contributed by atoms with van der Waals surface area (Å²) in [5.74, 6) is 0.949. The minimum Gasteiger partial charge on any atom is -0.0885 e. The Morgan fingerprint density at radius 3 is 2.00 bits per heavy atom. The predicted octanol–water partition coefficient (Wildman–Crippen LogP) is 4.02. The number of allylic oxidation sites excluding steroid dienone is 2. The van der Waals surface area contributed by atoms with Gasteiger partial charge >= 0.3 is 0 Å². The van der Waals surface area contributed by atoms with Crippen molar-refractivity contribution < 1.29 is 0 Å². The number of hydrogen-bond acceptors (Lipinski definition) is 0. The van der Waals surface area contributed by atoms with E-state index in [4.69, 9.17) is 0 Å². The first-order valence-corrected chi connectivity index (χ1v) is 4.04. The van der Waals surface area contributed by atoms with E-state index in [2.05, 4.69) is 19.1 Å². The van der Waals surface area contributed by atoms with E-state index in [-0.39, 0.29) is 7.43 Å². The van der Waals surface area contributed by atoms with Crippen LogP contribution in [0, 0.1) is 5.92 Å². The largest absolute Gasteiger partial charge is 0.0885 e. The zero-order chi connectivity index (χ0) is 7.11. The quantitative estimate of drug-likeness (QED) is 0.448. The summed E-state index contributed by atoms with van der Waals surface area (Å²) in [6.07, 6.45) is 8.58. The van der Waals surface area contributed by atoms with Crippen LogP contribution in [0.4, 0.5) is 0 Å². The molecule has 1 rings (SSSR count). The van der Waals surface area contributed by atoms with Gasteiger partial charge in [-0.15, -0.1) is 0 Å². The highest BCUT2D eigenvalue weighted by Gasteiger charge is 2.00. The molecule has 0 spiro atoms. The van der Waals surface area contributed by atoms with E-state index in [1.165, 1.54) is 19.3 Å². The van der Waals surface area contributed by atoms with Gasteiger partial charge in [0.1, 0.15) is 0 Å². The molecule has 0 heterocycles. The van der Waals surface area contributed by atoms with Gasteiger partial charge < -0.3 is 0 Å². The Morgan fingerprint density at radius 2 is 1.80 bits per heavy atom. The van der Waals surface area contributed by atoms with E-state index in [1.807, 2.05) is 13.8 Å². The van der Waals surface area contributed by atoms with Crippen molar-refractivity contribution in [2.75, 3.05) is 0 Å². The van der Waals surface area contributed by atoms with Crippen LogP contribution < -0.4 is 0 Å². The van der Waals surface area contributed by atoms with Crippen molar-refractivity contribution in [3.05, 3.63) is 12.2 Å². The Kier molecular flexibility index (Phi) is 10.9. The van der Waals surface area contributed by atoms with Crippen LogP contribution in [0.2, 0.25) is 0 Å². The van der Waals surface area contributed by atoms with Crippen molar-refractivity contribution >= 4 is 0 Å². The van der Waals surface area contributed by atoms with Crippen LogP contribution >= 0.6 is 0 Å². The summed E-state index contributed by atoms with van der Waals surface area (Å²) in [5.41, 5.74) is 0. The smallest absolute Gasteiger partial charge is 0.0325 e. The molecule has 0 N–H and O–H groups in total. The lowest BCUT2D eigenvalue weighted by Crippen LogP contribution is -1.94. The van der Waals surface area contributed by atoms with Gasteiger partial charge in [-0.3, -0.25) is 0 Å². The van der Waals surface area contributed by atoms with Gasteiger partial charge in [0.2, 0.25) is 0 Å². The monoisotopic (exact) mass is 142 g/mol. The van der Waals surface area contributed by atoms with Crippen molar-refractivity contribution in [1.82, 2.24) is 0 Å². The molecule has 0 heteroatoms. The standard InChI is InChI=1S/C7H12.C2H6.CH4/c1-7-5-3-2-4-6-7;1-2;/h2-3,7H,4-6H2,1H3;1-2H3;1H4. The molecular formula is C10H22. The Bertz CT molecular complexity index is 72.1. The van der Waals surface area contributed by atoms with Crippen LogP contribution in [0.25, 0.3) is 0 Å². The molecule has 0 aromatic heterocycles. The fourth-order valence-corrected chi connectivity index (χ4v) is 0.945. The third-order valence-corrected chi connectivity index (χ3v) is 1.53. The topological polar surface area (TPSA) is 0 Å². The lowest BCUT2D eigenvalue weighted by Gasteiger charge is -2.09. The molecule has 0 aromatic carbocycles. The van der Waals surface area contributed by atoms with Gasteiger partial charge in [-0.25, -0.2) is 0 Å². The van der Waals surface area contributed by atoms with Gasteiger partial charge in [-0.05, 0) is 25.2 Å². The summed E-state index contributed by atoms with van der Waals surface area (Å²) in [6, 6.07) is 0. The SMILES string of the molecule is C.CC.CC1CC=CCC1. The Balaban J connectivity index is 0. The fraction of sp³-hybridized carbons (Fsp3) is 0.800. The first-order chi connectivity index (χ1) is 4.39. The Labute approximate surface area is 66.3 Å². The fourth-order valence-electron chi connectivity index (χ4n) is 0.945. The van der Waals surface area contributed by atoms with Crippen molar-refractivity contribution in [2.24, 2.45) is 5.92 Å². The van der Waals surface area contributed by atoms with Crippen LogP contribution in [-0.2, 0) is 0 Å². The van der Waals surface area contributed by atoms with Crippen LogP contribution in [0.15, 0.2) is 12.2 Å². The first-order valence-electron chi connectivity index (χ1n) is 4.04. The average Bonchev–Trinajstić information content (AvgIpc) is 1.94. The summed E-state index contributed by atoms with van der Waals surface area (Å²) in [7, 11) is 0. The molecule has 0 saturated carbocycles. The molecule has 10 heavy (non-hydrogen) atoms. The predicted molar refractivity (Wildman–Crippen MR) is 50.2 cm³/mol. The van der Waals surface area contributed by atoms with E-state index in [0.29, 0.717) is 0 Å². The summed E-state index contributed by atoms with van der Waals surface area (Å²) >= 11 is 0. The lowest BCUT2D eigenvalue weighted by atomic mass is 9.97. The third-order valence-electron chi connectivity index (χ3n) is 1.53. The summed E-state index contributed by atoms with van der Waals surface area (Å²) in [5, 5.41) is 0. The normalized spacial score (nSPS) is 22.1. The Hall–Kier alpha value is -0.260. The van der Waals surface area contributed by atoms with Crippen LogP contribution in [0.1, 0.15) is 47.5 Å². The highest BCUT2D eigenvalue weighted by atomic mass is 14.1.